The normalized spacial score (nSPS) is 4.80. The molecule has 0 aliphatic heterocycles. The molecule has 0 radical (unpaired) electrons. The van der Waals surface area contributed by atoms with Crippen molar-refractivity contribution in [1.82, 2.24) is 0 Å². The Bertz CT molecular complexity index is 29.9. The average Bonchev–Trinajstić information content (AvgIpc) is 0.811. The van der Waals surface area contributed by atoms with Gasteiger partial charge >= 0.3 is 19.5 Å². The molecular weight excluding hydrogens is 174 g/mol. The Morgan fingerprint density at radius 1 is 1.40 bits per heavy atom. The summed E-state index contributed by atoms with van der Waals surface area (Å²) in [6, 6.07) is 0. The van der Waals surface area contributed by atoms with Crippen LogP contribution < -0.4 is 0 Å². The molecule has 0 bridgehead atoms. The van der Waals surface area contributed by atoms with Gasteiger partial charge in [-0.2, -0.15) is 0 Å². The van der Waals surface area contributed by atoms with E-state index in [0.29, 0.717) is 0 Å². The number of hydrogen-bond acceptors (Lipinski definition) is 3. The van der Waals surface area contributed by atoms with Crippen molar-refractivity contribution in [3.63, 3.8) is 0 Å². The smallest absolute Gasteiger partial charge is 0.570 e. The monoisotopic (exact) mass is 172 g/mol. The molecule has 0 N–H and O–H groups in total. The van der Waals surface area contributed by atoms with Crippen LogP contribution in [0.4, 0.5) is 0 Å². The Labute approximate surface area is 60.3 Å². The Morgan fingerprint density at radius 2 is 1.40 bits per heavy atom. The Morgan fingerprint density at radius 3 is 1.40 bits per heavy atom. The maximum Gasteiger partial charge on any atom is 2.00 e. The quantitative estimate of drug-likeness (QED) is 0.295. The number of rotatable bonds is 0. The minimum atomic E-state index is 0. The largest absolute Gasteiger partial charge is 2.00 e. The molecule has 0 aromatic carbocycles. The van der Waals surface area contributed by atoms with Crippen molar-refractivity contribution >= 4 is 41.0 Å². The zero-order valence-electron chi connectivity index (χ0n) is 2.43. The first-order chi connectivity index (χ1) is 1.73. The van der Waals surface area contributed by atoms with Gasteiger partial charge in [0.15, 0.2) is 0 Å². The van der Waals surface area contributed by atoms with Gasteiger partial charge in [0.2, 0.25) is 0 Å². The van der Waals surface area contributed by atoms with Crippen LogP contribution in [0.15, 0.2) is 0 Å². The third kappa shape index (κ3) is 38.5. The first kappa shape index (κ1) is 9.47. The van der Waals surface area contributed by atoms with E-state index in [0.717, 1.165) is 0 Å². The van der Waals surface area contributed by atoms with Gasteiger partial charge in [-0.3, -0.25) is 3.53 Å². The second kappa shape index (κ2) is 5.15. The van der Waals surface area contributed by atoms with Gasteiger partial charge in [-0.25, -0.2) is 0 Å². The summed E-state index contributed by atoms with van der Waals surface area (Å²) in [5, 5.41) is 0. The molecule has 0 saturated carbocycles. The summed E-state index contributed by atoms with van der Waals surface area (Å²) >= 11 is 12.5. The molecule has 0 fully saturated rings. The van der Waals surface area contributed by atoms with Crippen molar-refractivity contribution in [3.8, 4) is 0 Å². The van der Waals surface area contributed by atoms with E-state index < -0.39 is 0 Å². The van der Waals surface area contributed by atoms with Crippen molar-refractivity contribution in [3.05, 3.63) is 0 Å². The molecule has 0 saturated heterocycles. The van der Waals surface area contributed by atoms with Crippen molar-refractivity contribution in [2.75, 3.05) is 0 Å². The molecule has 0 aliphatic rings. The van der Waals surface area contributed by atoms with E-state index in [-0.39, 0.29) is 23.0 Å². The Hall–Kier alpha value is 1.15. The van der Waals surface area contributed by atoms with Gasteiger partial charge in [-0.05, 0) is 0 Å². The zero-order valence-corrected chi connectivity index (χ0v) is 7.85. The van der Waals surface area contributed by atoms with Crippen LogP contribution in [0.2, 0.25) is 0 Å². The molecule has 4 heteroatoms. The van der Waals surface area contributed by atoms with Crippen LogP contribution in [-0.2, 0) is 44.7 Å². The SMILES string of the molecule is S=C([S-])[S-].[Zn+2]. The van der Waals surface area contributed by atoms with Crippen LogP contribution in [0.25, 0.3) is 0 Å². The standard InChI is InChI=1S/CH2S3.Zn/c2-1(3)4;/h(H2,2,3,4);/q;+2/p-2. The topological polar surface area (TPSA) is 0 Å². The summed E-state index contributed by atoms with van der Waals surface area (Å²) in [5.41, 5.74) is 0. The van der Waals surface area contributed by atoms with Gasteiger partial charge < -0.3 is 37.5 Å². The number of hydrogen-bond donors (Lipinski definition) is 0. The van der Waals surface area contributed by atoms with E-state index in [4.69, 9.17) is 0 Å². The summed E-state index contributed by atoms with van der Waals surface area (Å²) < 4.78 is 0.167. The predicted molar refractivity (Wildman–Crippen MR) is 27.3 cm³/mol. The molecule has 5 heavy (non-hydrogen) atoms. The summed E-state index contributed by atoms with van der Waals surface area (Å²) in [7, 11) is 0. The minimum absolute atomic E-state index is 0. The molecule has 0 heterocycles. The van der Waals surface area contributed by atoms with Crippen LogP contribution in [-0.4, -0.2) is 3.53 Å². The first-order valence-electron chi connectivity index (χ1n) is 0.612. The van der Waals surface area contributed by atoms with Gasteiger partial charge in [0.1, 0.15) is 0 Å². The zero-order chi connectivity index (χ0) is 3.58. The Balaban J connectivity index is 0. The van der Waals surface area contributed by atoms with Crippen molar-refractivity contribution in [1.29, 1.82) is 0 Å². The summed E-state index contributed by atoms with van der Waals surface area (Å²) in [4.78, 5) is 0. The molecule has 0 nitrogen and oxygen atoms in total. The molecule has 0 rings (SSSR count). The summed E-state index contributed by atoms with van der Waals surface area (Å²) in [5.74, 6) is 0. The predicted octanol–water partition coefficient (Wildman–Crippen LogP) is 0.363. The van der Waals surface area contributed by atoms with Crippen LogP contribution >= 0.6 is 12.2 Å². The fourth-order valence-corrected chi connectivity index (χ4v) is 0. The molecular formula is CS3Zn. The molecule has 0 spiro atoms. The molecule has 0 amide bonds. The van der Waals surface area contributed by atoms with Gasteiger partial charge in [0.25, 0.3) is 0 Å². The van der Waals surface area contributed by atoms with Gasteiger partial charge in [-0.1, -0.05) is 0 Å². The van der Waals surface area contributed by atoms with Gasteiger partial charge in [-0.15, -0.1) is 0 Å². The molecule has 0 aromatic rings. The van der Waals surface area contributed by atoms with E-state index in [2.05, 4.69) is 37.5 Å². The average molecular weight is 174 g/mol. The van der Waals surface area contributed by atoms with Crippen molar-refractivity contribution < 1.29 is 19.5 Å². The first-order valence-corrected chi connectivity index (χ1v) is 1.84. The van der Waals surface area contributed by atoms with Crippen LogP contribution in [0.1, 0.15) is 0 Å². The van der Waals surface area contributed by atoms with E-state index in [1.54, 1.807) is 0 Å². The summed E-state index contributed by atoms with van der Waals surface area (Å²) in [6.07, 6.45) is 0. The molecule has 0 aromatic heterocycles. The van der Waals surface area contributed by atoms with Gasteiger partial charge in [0, 0.05) is 0 Å². The van der Waals surface area contributed by atoms with E-state index >= 15 is 0 Å². The third-order valence-corrected chi connectivity index (χ3v) is 0. The summed E-state index contributed by atoms with van der Waals surface area (Å²) in [6.45, 7) is 0. The van der Waals surface area contributed by atoms with E-state index in [1.807, 2.05) is 0 Å². The van der Waals surface area contributed by atoms with Crippen molar-refractivity contribution in [2.24, 2.45) is 0 Å². The molecule has 24 valence electrons. The molecule has 0 atom stereocenters. The van der Waals surface area contributed by atoms with Crippen LogP contribution in [0, 0.1) is 0 Å². The van der Waals surface area contributed by atoms with Gasteiger partial charge in [0.05, 0.1) is 0 Å². The fraction of sp³-hybridized carbons (Fsp3) is 0. The van der Waals surface area contributed by atoms with E-state index in [9.17, 15) is 0 Å². The Kier molecular flexibility index (Phi) is 9.76. The minimum Gasteiger partial charge on any atom is -0.570 e. The van der Waals surface area contributed by atoms with Crippen LogP contribution in [0.5, 0.6) is 0 Å². The van der Waals surface area contributed by atoms with E-state index in [1.165, 1.54) is 0 Å². The second-order valence-corrected chi connectivity index (χ2v) is 2.25. The van der Waals surface area contributed by atoms with Crippen LogP contribution in [0.3, 0.4) is 0 Å². The third-order valence-electron chi connectivity index (χ3n) is 0. The maximum absolute atomic E-state index is 4.17. The maximum atomic E-state index is 4.17. The fourth-order valence-electron chi connectivity index (χ4n) is 0. The van der Waals surface area contributed by atoms with Crippen molar-refractivity contribution in [2.45, 2.75) is 0 Å². The number of thiocarbonyl (C=S) groups is 1. The molecule has 0 aliphatic carbocycles. The second-order valence-electron chi connectivity index (χ2n) is 0.250. The molecule has 0 unspecified atom stereocenters.